The van der Waals surface area contributed by atoms with E-state index in [4.69, 9.17) is 0 Å². The summed E-state index contributed by atoms with van der Waals surface area (Å²) in [5.74, 6) is -0.895. The Morgan fingerprint density at radius 1 is 1.24 bits per heavy atom. The van der Waals surface area contributed by atoms with Gasteiger partial charge in [-0.25, -0.2) is 0 Å². The minimum atomic E-state index is -0.458. The summed E-state index contributed by atoms with van der Waals surface area (Å²) in [6.45, 7) is 1.48. The molecule has 0 atom stereocenters. The fourth-order valence-electron chi connectivity index (χ4n) is 2.30. The average Bonchev–Trinajstić information content (AvgIpc) is 2.83. The predicted molar refractivity (Wildman–Crippen MR) is 96.7 cm³/mol. The van der Waals surface area contributed by atoms with Crippen molar-refractivity contribution in [3.8, 4) is 0 Å². The van der Waals surface area contributed by atoms with Gasteiger partial charge in [0.2, 0.25) is 5.91 Å². The number of pyridine rings is 1. The van der Waals surface area contributed by atoms with Crippen LogP contribution in [0.15, 0.2) is 53.6 Å². The minimum absolute atomic E-state index is 0.309. The molecule has 0 saturated carbocycles. The number of nitrogens with one attached hydrogen (secondary N) is 1. The Labute approximate surface area is 148 Å². The third-order valence-electron chi connectivity index (χ3n) is 3.45. The van der Waals surface area contributed by atoms with E-state index in [-0.39, 0.29) is 6.54 Å². The number of amides is 3. The zero-order chi connectivity index (χ0) is 17.8. The van der Waals surface area contributed by atoms with Gasteiger partial charge in [0, 0.05) is 17.6 Å². The van der Waals surface area contributed by atoms with Gasteiger partial charge >= 0.3 is 0 Å². The molecule has 1 fully saturated rings. The molecule has 3 rings (SSSR count). The third kappa shape index (κ3) is 4.13. The summed E-state index contributed by atoms with van der Waals surface area (Å²) in [4.78, 5) is 41.9. The highest BCUT2D eigenvalue weighted by Gasteiger charge is 2.36. The summed E-state index contributed by atoms with van der Waals surface area (Å²) < 4.78 is 0. The Balaban J connectivity index is 1.68. The molecule has 0 bridgehead atoms. The quantitative estimate of drug-likeness (QED) is 0.855. The summed E-state index contributed by atoms with van der Waals surface area (Å²) in [5.41, 5.74) is 2.16. The summed E-state index contributed by atoms with van der Waals surface area (Å²) in [6, 6.07) is 12.6. The van der Waals surface area contributed by atoms with E-state index in [9.17, 15) is 14.4 Å². The number of carbonyl (C=O) groups is 3. The van der Waals surface area contributed by atoms with Gasteiger partial charge in [0.25, 0.3) is 11.1 Å². The molecule has 1 aromatic heterocycles. The van der Waals surface area contributed by atoms with Crippen LogP contribution in [0, 0.1) is 6.92 Å². The molecule has 126 valence electrons. The van der Waals surface area contributed by atoms with E-state index in [2.05, 4.69) is 10.3 Å². The molecule has 25 heavy (non-hydrogen) atoms. The van der Waals surface area contributed by atoms with E-state index in [0.29, 0.717) is 10.6 Å². The fourth-order valence-corrected chi connectivity index (χ4v) is 3.14. The maximum atomic E-state index is 12.4. The van der Waals surface area contributed by atoms with E-state index in [1.54, 1.807) is 31.3 Å². The van der Waals surface area contributed by atoms with Crippen LogP contribution in [0.5, 0.6) is 0 Å². The van der Waals surface area contributed by atoms with Gasteiger partial charge in [0.15, 0.2) is 0 Å². The largest absolute Gasteiger partial charge is 0.324 e. The second-order valence-corrected chi connectivity index (χ2v) is 6.41. The Hall–Kier alpha value is -2.93. The predicted octanol–water partition coefficient (Wildman–Crippen LogP) is 3.07. The van der Waals surface area contributed by atoms with Crippen molar-refractivity contribution >= 4 is 40.6 Å². The van der Waals surface area contributed by atoms with Gasteiger partial charge in [-0.05, 0) is 42.5 Å². The molecule has 2 aromatic rings. The Bertz CT molecular complexity index is 865. The average molecular weight is 353 g/mol. The SMILES string of the molecule is Cc1cc(NC(=O)CN2C(=O)S/C(=C/c3ccccc3)C2=O)ccn1. The first-order chi connectivity index (χ1) is 12.0. The van der Waals surface area contributed by atoms with Crippen molar-refractivity contribution in [2.24, 2.45) is 0 Å². The number of imide groups is 1. The van der Waals surface area contributed by atoms with Crippen molar-refractivity contribution in [2.75, 3.05) is 11.9 Å². The molecule has 1 aromatic carbocycles. The van der Waals surface area contributed by atoms with Crippen molar-refractivity contribution in [3.63, 3.8) is 0 Å². The summed E-state index contributed by atoms with van der Waals surface area (Å²) in [7, 11) is 0. The lowest BCUT2D eigenvalue weighted by atomic mass is 10.2. The molecule has 1 N–H and O–H groups in total. The lowest BCUT2D eigenvalue weighted by Gasteiger charge is -2.12. The van der Waals surface area contributed by atoms with Crippen LogP contribution in [0.3, 0.4) is 0 Å². The van der Waals surface area contributed by atoms with Crippen molar-refractivity contribution < 1.29 is 14.4 Å². The highest BCUT2D eigenvalue weighted by Crippen LogP contribution is 2.32. The first-order valence-electron chi connectivity index (χ1n) is 7.56. The van der Waals surface area contributed by atoms with Crippen LogP contribution in [0.25, 0.3) is 6.08 Å². The first-order valence-corrected chi connectivity index (χ1v) is 8.37. The molecule has 3 amide bonds. The Kier molecular flexibility index (Phi) is 4.95. The highest BCUT2D eigenvalue weighted by atomic mass is 32.2. The number of anilines is 1. The molecule has 2 heterocycles. The number of nitrogens with zero attached hydrogens (tertiary/aromatic N) is 2. The highest BCUT2D eigenvalue weighted by molar-refractivity contribution is 8.18. The number of rotatable bonds is 4. The van der Waals surface area contributed by atoms with Crippen LogP contribution < -0.4 is 5.32 Å². The van der Waals surface area contributed by atoms with E-state index in [0.717, 1.165) is 27.9 Å². The van der Waals surface area contributed by atoms with Gasteiger partial charge in [-0.1, -0.05) is 30.3 Å². The van der Waals surface area contributed by atoms with Crippen LogP contribution in [0.2, 0.25) is 0 Å². The van der Waals surface area contributed by atoms with Crippen LogP contribution in [-0.2, 0) is 9.59 Å². The monoisotopic (exact) mass is 353 g/mol. The lowest BCUT2D eigenvalue weighted by Crippen LogP contribution is -2.36. The number of aryl methyl sites for hydroxylation is 1. The molecule has 0 aliphatic carbocycles. The summed E-state index contributed by atoms with van der Waals surface area (Å²) >= 11 is 0.836. The summed E-state index contributed by atoms with van der Waals surface area (Å²) in [6.07, 6.45) is 3.22. The van der Waals surface area contributed by atoms with Gasteiger partial charge in [-0.2, -0.15) is 0 Å². The molecule has 0 spiro atoms. The number of hydrogen-bond donors (Lipinski definition) is 1. The van der Waals surface area contributed by atoms with Crippen molar-refractivity contribution in [1.82, 2.24) is 9.88 Å². The van der Waals surface area contributed by atoms with E-state index in [1.165, 1.54) is 0 Å². The smallest absolute Gasteiger partial charge is 0.294 e. The number of thioether (sulfide) groups is 1. The van der Waals surface area contributed by atoms with Crippen molar-refractivity contribution in [2.45, 2.75) is 6.92 Å². The minimum Gasteiger partial charge on any atom is -0.324 e. The molecule has 1 aliphatic rings. The number of hydrogen-bond acceptors (Lipinski definition) is 5. The normalized spacial score (nSPS) is 15.7. The number of carbonyl (C=O) groups excluding carboxylic acids is 3. The number of aromatic nitrogens is 1. The molecule has 1 aliphatic heterocycles. The van der Waals surface area contributed by atoms with Crippen LogP contribution >= 0.6 is 11.8 Å². The molecular weight excluding hydrogens is 338 g/mol. The number of benzene rings is 1. The maximum Gasteiger partial charge on any atom is 0.294 e. The van der Waals surface area contributed by atoms with Gasteiger partial charge in [-0.3, -0.25) is 24.3 Å². The van der Waals surface area contributed by atoms with Crippen molar-refractivity contribution in [3.05, 3.63) is 64.8 Å². The fraction of sp³-hybridized carbons (Fsp3) is 0.111. The zero-order valence-corrected chi connectivity index (χ0v) is 14.2. The van der Waals surface area contributed by atoms with Gasteiger partial charge < -0.3 is 5.32 Å². The molecule has 0 unspecified atom stereocenters. The molecule has 7 heteroatoms. The van der Waals surface area contributed by atoms with E-state index >= 15 is 0 Å². The molecule has 0 radical (unpaired) electrons. The maximum absolute atomic E-state index is 12.4. The Morgan fingerprint density at radius 3 is 2.72 bits per heavy atom. The van der Waals surface area contributed by atoms with Gasteiger partial charge in [0.1, 0.15) is 6.54 Å². The lowest BCUT2D eigenvalue weighted by molar-refractivity contribution is -0.127. The van der Waals surface area contributed by atoms with Gasteiger partial charge in [0.05, 0.1) is 4.91 Å². The molecular formula is C18H15N3O3S. The Morgan fingerprint density at radius 2 is 2.00 bits per heavy atom. The molecule has 6 nitrogen and oxygen atoms in total. The molecule has 1 saturated heterocycles. The second kappa shape index (κ2) is 7.31. The van der Waals surface area contributed by atoms with Gasteiger partial charge in [-0.15, -0.1) is 0 Å². The van der Waals surface area contributed by atoms with E-state index < -0.39 is 17.1 Å². The third-order valence-corrected chi connectivity index (χ3v) is 4.36. The summed E-state index contributed by atoms with van der Waals surface area (Å²) in [5, 5.41) is 2.21. The first kappa shape index (κ1) is 16.9. The van der Waals surface area contributed by atoms with Crippen LogP contribution in [0.4, 0.5) is 10.5 Å². The second-order valence-electron chi connectivity index (χ2n) is 5.41. The van der Waals surface area contributed by atoms with Crippen LogP contribution in [0.1, 0.15) is 11.3 Å². The topological polar surface area (TPSA) is 79.4 Å². The van der Waals surface area contributed by atoms with Crippen LogP contribution in [-0.4, -0.2) is 33.5 Å². The standard InChI is InChI=1S/C18H15N3O3S/c1-12-9-14(7-8-19-12)20-16(22)11-21-17(23)15(25-18(21)24)10-13-5-3-2-4-6-13/h2-10H,11H2,1H3,(H,19,20,22)/b15-10+. The van der Waals surface area contributed by atoms with Crippen molar-refractivity contribution in [1.29, 1.82) is 0 Å². The zero-order valence-electron chi connectivity index (χ0n) is 13.4. The van der Waals surface area contributed by atoms with E-state index in [1.807, 2.05) is 30.3 Å².